The quantitative estimate of drug-likeness (QED) is 0.394. The molecule has 2 aromatic carbocycles. The summed E-state index contributed by atoms with van der Waals surface area (Å²) < 4.78 is 5.52. The Hall–Kier alpha value is -3.59. The largest absolute Gasteiger partial charge is 0.494 e. The van der Waals surface area contributed by atoms with E-state index < -0.39 is 5.97 Å². The topological polar surface area (TPSA) is 111 Å². The van der Waals surface area contributed by atoms with E-state index >= 15 is 0 Å². The van der Waals surface area contributed by atoms with Gasteiger partial charge >= 0.3 is 12.0 Å². The van der Waals surface area contributed by atoms with E-state index in [2.05, 4.69) is 15.5 Å². The molecule has 9 heteroatoms. The molecule has 1 heterocycles. The molecule has 0 spiro atoms. The number of likely N-dealkylation sites (tertiary alicyclic amines) is 1. The molecule has 1 saturated heterocycles. The number of piperidine rings is 1. The van der Waals surface area contributed by atoms with Crippen LogP contribution in [0.5, 0.6) is 5.75 Å². The van der Waals surface area contributed by atoms with Crippen LogP contribution in [-0.4, -0.2) is 61.2 Å². The number of nitrogens with zero attached hydrogens (tertiary/aromatic N) is 2. The number of para-hydroxylation sites is 1. The second kappa shape index (κ2) is 13.6. The van der Waals surface area contributed by atoms with Crippen molar-refractivity contribution in [3.8, 4) is 5.75 Å². The number of benzene rings is 2. The summed E-state index contributed by atoms with van der Waals surface area (Å²) in [7, 11) is 1.53. The molecule has 0 saturated carbocycles. The number of carboxylic acids is 1. The van der Waals surface area contributed by atoms with Crippen LogP contribution < -0.4 is 20.3 Å². The third kappa shape index (κ3) is 8.49. The van der Waals surface area contributed by atoms with E-state index in [0.29, 0.717) is 30.3 Å². The van der Waals surface area contributed by atoms with Gasteiger partial charge in [0.15, 0.2) is 0 Å². The summed E-state index contributed by atoms with van der Waals surface area (Å²) in [5.74, 6) is 0.195. The van der Waals surface area contributed by atoms with Crippen LogP contribution in [-0.2, 0) is 9.59 Å². The van der Waals surface area contributed by atoms with E-state index in [9.17, 15) is 14.4 Å². The minimum Gasteiger partial charge on any atom is -0.494 e. The van der Waals surface area contributed by atoms with Gasteiger partial charge in [0, 0.05) is 37.3 Å². The maximum absolute atomic E-state index is 12.5. The fourth-order valence-electron chi connectivity index (χ4n) is 4.67. The predicted molar refractivity (Wildman–Crippen MR) is 145 cm³/mol. The average molecular weight is 511 g/mol. The highest BCUT2D eigenvalue weighted by atomic mass is 16.5. The molecule has 1 fully saturated rings. The number of nitrogens with one attached hydrogen (secondary N) is 2. The summed E-state index contributed by atoms with van der Waals surface area (Å²) in [6.45, 7) is 6.82. The molecule has 3 amide bonds. The lowest BCUT2D eigenvalue weighted by atomic mass is 9.93. The minimum atomic E-state index is -0.745. The Kier molecular flexibility index (Phi) is 10.3. The van der Waals surface area contributed by atoms with Gasteiger partial charge in [0.1, 0.15) is 5.75 Å². The van der Waals surface area contributed by atoms with Gasteiger partial charge < -0.3 is 30.3 Å². The van der Waals surface area contributed by atoms with Crippen LogP contribution in [0, 0.1) is 12.8 Å². The summed E-state index contributed by atoms with van der Waals surface area (Å²) in [6.07, 6.45) is 3.87. The number of rotatable bonds is 11. The predicted octanol–water partition coefficient (Wildman–Crippen LogP) is 4.97. The van der Waals surface area contributed by atoms with Crippen LogP contribution in [0.4, 0.5) is 21.9 Å². The number of carboxylic acid groups (broad SMARTS) is 1. The van der Waals surface area contributed by atoms with Crippen molar-refractivity contribution in [3.63, 3.8) is 0 Å². The Balaban J connectivity index is 1.56. The molecule has 3 rings (SSSR count). The lowest BCUT2D eigenvalue weighted by Crippen LogP contribution is -2.36. The first-order valence-corrected chi connectivity index (χ1v) is 12.8. The zero-order valence-electron chi connectivity index (χ0n) is 22.0. The van der Waals surface area contributed by atoms with E-state index in [-0.39, 0.29) is 18.4 Å². The van der Waals surface area contributed by atoms with Crippen LogP contribution in [0.1, 0.15) is 44.6 Å². The molecular formula is C28H38N4O5. The lowest BCUT2D eigenvalue weighted by Gasteiger charge is -2.33. The highest BCUT2D eigenvalue weighted by Crippen LogP contribution is 2.31. The van der Waals surface area contributed by atoms with Gasteiger partial charge in [-0.05, 0) is 81.9 Å². The Morgan fingerprint density at radius 3 is 2.43 bits per heavy atom. The fraction of sp³-hybridized carbons (Fsp3) is 0.464. The molecule has 37 heavy (non-hydrogen) atoms. The smallest absolute Gasteiger partial charge is 0.323 e. The van der Waals surface area contributed by atoms with Crippen LogP contribution in [0.25, 0.3) is 0 Å². The van der Waals surface area contributed by atoms with Gasteiger partial charge in [0.2, 0.25) is 5.91 Å². The molecule has 1 aliphatic heterocycles. The molecule has 0 aromatic heterocycles. The Morgan fingerprint density at radius 2 is 1.78 bits per heavy atom. The third-order valence-electron chi connectivity index (χ3n) is 6.85. The monoisotopic (exact) mass is 510 g/mol. The van der Waals surface area contributed by atoms with E-state index in [1.807, 2.05) is 37.3 Å². The highest BCUT2D eigenvalue weighted by molar-refractivity contribution is 6.01. The fourth-order valence-corrected chi connectivity index (χ4v) is 4.67. The molecule has 2 aromatic rings. The van der Waals surface area contributed by atoms with Crippen molar-refractivity contribution in [2.24, 2.45) is 5.92 Å². The van der Waals surface area contributed by atoms with Crippen LogP contribution in [0.3, 0.4) is 0 Å². The first-order chi connectivity index (χ1) is 17.8. The number of carbonyl (C=O) groups is 3. The van der Waals surface area contributed by atoms with Crippen molar-refractivity contribution < 1.29 is 24.2 Å². The molecule has 0 bridgehead atoms. The standard InChI is InChI=1S/C28H38N4O5/c1-20-7-4-5-8-24(20)29-28(36)30-25-11-10-23(19-26(25)37-3)32(21(2)33)18-14-22-12-16-31(17-13-22)15-6-9-27(34)35/h4-5,7-8,10-11,19,22H,6,9,12-18H2,1-3H3,(H,34,35)(H2,29,30,36). The summed E-state index contributed by atoms with van der Waals surface area (Å²) in [4.78, 5) is 39.8. The van der Waals surface area contributed by atoms with Gasteiger partial charge in [-0.15, -0.1) is 0 Å². The van der Waals surface area contributed by atoms with E-state index in [0.717, 1.165) is 55.8 Å². The summed E-state index contributed by atoms with van der Waals surface area (Å²) >= 11 is 0. The Bertz CT molecular complexity index is 1080. The SMILES string of the molecule is COc1cc(N(CCC2CCN(CCCC(=O)O)CC2)C(C)=O)ccc1NC(=O)Nc1ccccc1C. The number of aliphatic carboxylic acids is 1. The van der Waals surface area contributed by atoms with E-state index in [1.54, 1.807) is 24.0 Å². The summed E-state index contributed by atoms with van der Waals surface area (Å²) in [6, 6.07) is 12.5. The number of anilines is 3. The van der Waals surface area contributed by atoms with Crippen molar-refractivity contribution in [2.45, 2.75) is 46.0 Å². The van der Waals surface area contributed by atoms with E-state index in [4.69, 9.17) is 9.84 Å². The van der Waals surface area contributed by atoms with Crippen molar-refractivity contribution in [1.82, 2.24) is 4.90 Å². The number of amides is 3. The molecule has 200 valence electrons. The van der Waals surface area contributed by atoms with Crippen molar-refractivity contribution in [2.75, 3.05) is 48.8 Å². The molecular weight excluding hydrogens is 472 g/mol. The van der Waals surface area contributed by atoms with Crippen LogP contribution in [0.15, 0.2) is 42.5 Å². The third-order valence-corrected chi connectivity index (χ3v) is 6.85. The molecule has 0 aliphatic carbocycles. The van der Waals surface area contributed by atoms with Gasteiger partial charge in [0.05, 0.1) is 12.8 Å². The maximum atomic E-state index is 12.5. The van der Waals surface area contributed by atoms with Crippen LogP contribution in [0.2, 0.25) is 0 Å². The van der Waals surface area contributed by atoms with Gasteiger partial charge in [-0.2, -0.15) is 0 Å². The summed E-state index contributed by atoms with van der Waals surface area (Å²) in [5.41, 5.74) is 2.92. The summed E-state index contributed by atoms with van der Waals surface area (Å²) in [5, 5.41) is 14.5. The minimum absolute atomic E-state index is 0.0498. The Morgan fingerprint density at radius 1 is 1.08 bits per heavy atom. The van der Waals surface area contributed by atoms with Gasteiger partial charge in [-0.1, -0.05) is 18.2 Å². The number of ether oxygens (including phenoxy) is 1. The number of aryl methyl sites for hydroxylation is 1. The van der Waals surface area contributed by atoms with Gasteiger partial charge in [-0.25, -0.2) is 4.79 Å². The molecule has 0 atom stereocenters. The van der Waals surface area contributed by atoms with Crippen LogP contribution >= 0.6 is 0 Å². The highest BCUT2D eigenvalue weighted by Gasteiger charge is 2.22. The van der Waals surface area contributed by atoms with Gasteiger partial charge in [0.25, 0.3) is 0 Å². The normalized spacial score (nSPS) is 14.1. The van der Waals surface area contributed by atoms with Crippen molar-refractivity contribution in [3.05, 3.63) is 48.0 Å². The zero-order chi connectivity index (χ0) is 26.8. The first kappa shape index (κ1) is 28.0. The average Bonchev–Trinajstić information content (AvgIpc) is 2.86. The zero-order valence-corrected chi connectivity index (χ0v) is 22.0. The molecule has 0 radical (unpaired) electrons. The first-order valence-electron chi connectivity index (χ1n) is 12.8. The molecule has 9 nitrogen and oxygen atoms in total. The maximum Gasteiger partial charge on any atom is 0.323 e. The van der Waals surface area contributed by atoms with E-state index in [1.165, 1.54) is 7.11 Å². The van der Waals surface area contributed by atoms with Crippen molar-refractivity contribution >= 4 is 35.0 Å². The number of methoxy groups -OCH3 is 1. The molecule has 1 aliphatic rings. The molecule has 3 N–H and O–H groups in total. The molecule has 0 unspecified atom stereocenters. The lowest BCUT2D eigenvalue weighted by molar-refractivity contribution is -0.137. The number of carbonyl (C=O) groups excluding carboxylic acids is 2. The number of hydrogen-bond donors (Lipinski definition) is 3. The second-order valence-corrected chi connectivity index (χ2v) is 9.52. The number of urea groups is 1. The van der Waals surface area contributed by atoms with Gasteiger partial charge in [-0.3, -0.25) is 9.59 Å². The van der Waals surface area contributed by atoms with Crippen molar-refractivity contribution in [1.29, 1.82) is 0 Å². The Labute approximate surface area is 218 Å². The second-order valence-electron chi connectivity index (χ2n) is 9.52. The number of hydrogen-bond acceptors (Lipinski definition) is 5.